The van der Waals surface area contributed by atoms with Crippen molar-refractivity contribution in [2.24, 2.45) is 5.73 Å². The van der Waals surface area contributed by atoms with Crippen molar-refractivity contribution in [3.05, 3.63) is 30.2 Å². The summed E-state index contributed by atoms with van der Waals surface area (Å²) in [6.45, 7) is 3.55. The minimum Gasteiger partial charge on any atom is -0.406 e. The van der Waals surface area contributed by atoms with Crippen LogP contribution in [-0.4, -0.2) is 30.3 Å². The van der Waals surface area contributed by atoms with Gasteiger partial charge in [0.1, 0.15) is 0 Å². The van der Waals surface area contributed by atoms with Gasteiger partial charge in [-0.1, -0.05) is 17.2 Å². The van der Waals surface area contributed by atoms with Crippen LogP contribution in [0.15, 0.2) is 28.7 Å². The summed E-state index contributed by atoms with van der Waals surface area (Å²) in [6.07, 6.45) is 0. The molecule has 1 aliphatic rings. The number of rotatable bonds is 2. The number of benzene rings is 1. The predicted molar refractivity (Wildman–Crippen MR) is 73.6 cm³/mol. The van der Waals surface area contributed by atoms with Gasteiger partial charge < -0.3 is 15.1 Å². The molecule has 0 saturated carbocycles. The van der Waals surface area contributed by atoms with Crippen LogP contribution in [0.25, 0.3) is 0 Å². The zero-order valence-corrected chi connectivity index (χ0v) is 11.1. The fourth-order valence-corrected chi connectivity index (χ4v) is 2.22. The molecule has 0 bridgehead atoms. The molecule has 1 aliphatic heterocycles. The second-order valence-electron chi connectivity index (χ2n) is 4.77. The van der Waals surface area contributed by atoms with E-state index in [1.165, 1.54) is 0 Å². The van der Waals surface area contributed by atoms with Crippen LogP contribution in [0, 0.1) is 0 Å². The largest absolute Gasteiger partial charge is 0.406 e. The van der Waals surface area contributed by atoms with Crippen LogP contribution in [0.3, 0.4) is 0 Å². The molecule has 19 heavy (non-hydrogen) atoms. The molecule has 2 heterocycles. The number of nitrogens with two attached hydrogens (primary N) is 1. The lowest BCUT2D eigenvalue weighted by molar-refractivity contribution is 0.463. The van der Waals surface area contributed by atoms with Gasteiger partial charge in [-0.05, 0) is 19.1 Å². The van der Waals surface area contributed by atoms with E-state index in [9.17, 15) is 0 Å². The summed E-state index contributed by atoms with van der Waals surface area (Å²) in [5, 5.41) is 8.08. The molecule has 0 amide bonds. The van der Waals surface area contributed by atoms with Crippen LogP contribution in [0.1, 0.15) is 18.9 Å². The van der Waals surface area contributed by atoms with E-state index in [-0.39, 0.29) is 6.04 Å². The lowest BCUT2D eigenvalue weighted by atomic mass is 10.2. The Morgan fingerprint density at radius 3 is 2.63 bits per heavy atom. The van der Waals surface area contributed by atoms with Crippen LogP contribution in [-0.2, 0) is 0 Å². The van der Waals surface area contributed by atoms with Crippen molar-refractivity contribution in [2.45, 2.75) is 13.0 Å². The van der Waals surface area contributed by atoms with Crippen LogP contribution in [0.2, 0.25) is 0 Å². The van der Waals surface area contributed by atoms with E-state index in [0.29, 0.717) is 11.9 Å². The number of anilines is 3. The third-order valence-electron chi connectivity index (χ3n) is 3.29. The van der Waals surface area contributed by atoms with Gasteiger partial charge in [0, 0.05) is 20.1 Å². The standard InChI is InChI=1S/C13H17N5O/c1-9(14)12-15-16-13(19-12)18-8-7-17(2)10-5-3-4-6-11(10)18/h3-6,9H,7-8,14H2,1-2H3. The van der Waals surface area contributed by atoms with E-state index >= 15 is 0 Å². The third kappa shape index (κ3) is 2.04. The summed E-state index contributed by atoms with van der Waals surface area (Å²) < 4.78 is 5.64. The van der Waals surface area contributed by atoms with Crippen molar-refractivity contribution in [1.82, 2.24) is 10.2 Å². The smallest absolute Gasteiger partial charge is 0.322 e. The first-order valence-corrected chi connectivity index (χ1v) is 6.33. The maximum Gasteiger partial charge on any atom is 0.322 e. The molecule has 0 radical (unpaired) electrons. The molecule has 1 atom stereocenters. The second-order valence-corrected chi connectivity index (χ2v) is 4.77. The van der Waals surface area contributed by atoms with E-state index in [1.807, 2.05) is 24.0 Å². The second kappa shape index (κ2) is 4.55. The zero-order valence-electron chi connectivity index (χ0n) is 11.1. The Balaban J connectivity index is 1.99. The van der Waals surface area contributed by atoms with Gasteiger partial charge in [-0.3, -0.25) is 4.90 Å². The monoisotopic (exact) mass is 259 g/mol. The molecule has 1 unspecified atom stereocenters. The average Bonchev–Trinajstić information content (AvgIpc) is 2.89. The van der Waals surface area contributed by atoms with Crippen molar-refractivity contribution in [2.75, 3.05) is 29.9 Å². The summed E-state index contributed by atoms with van der Waals surface area (Å²) in [7, 11) is 2.08. The molecule has 0 spiro atoms. The summed E-state index contributed by atoms with van der Waals surface area (Å²) in [4.78, 5) is 4.25. The van der Waals surface area contributed by atoms with Crippen LogP contribution >= 0.6 is 0 Å². The molecule has 3 rings (SSSR count). The van der Waals surface area contributed by atoms with Gasteiger partial charge >= 0.3 is 6.01 Å². The molecule has 1 aromatic heterocycles. The van der Waals surface area contributed by atoms with Crippen molar-refractivity contribution in [3.8, 4) is 0 Å². The minimum atomic E-state index is -0.246. The predicted octanol–water partition coefficient (Wildman–Crippen LogP) is 1.68. The fraction of sp³-hybridized carbons (Fsp3) is 0.385. The number of likely N-dealkylation sites (N-methyl/N-ethyl adjacent to an activating group) is 1. The minimum absolute atomic E-state index is 0.246. The van der Waals surface area contributed by atoms with Gasteiger partial charge in [0.15, 0.2) is 0 Å². The normalized spacial score (nSPS) is 16.4. The Morgan fingerprint density at radius 1 is 1.21 bits per heavy atom. The Kier molecular flexibility index (Phi) is 2.87. The molecule has 2 aromatic rings. The Labute approximate surface area is 111 Å². The van der Waals surface area contributed by atoms with Gasteiger partial charge in [-0.25, -0.2) is 0 Å². The van der Waals surface area contributed by atoms with Crippen molar-refractivity contribution in [3.63, 3.8) is 0 Å². The highest BCUT2D eigenvalue weighted by molar-refractivity contribution is 5.76. The van der Waals surface area contributed by atoms with Gasteiger partial charge in [0.2, 0.25) is 5.89 Å². The first-order valence-electron chi connectivity index (χ1n) is 6.33. The zero-order chi connectivity index (χ0) is 13.4. The molecular weight excluding hydrogens is 242 g/mol. The average molecular weight is 259 g/mol. The highest BCUT2D eigenvalue weighted by Gasteiger charge is 2.25. The number of hydrogen-bond donors (Lipinski definition) is 1. The maximum atomic E-state index is 5.75. The van der Waals surface area contributed by atoms with Gasteiger partial charge in [-0.2, -0.15) is 0 Å². The Morgan fingerprint density at radius 2 is 1.95 bits per heavy atom. The molecule has 0 aliphatic carbocycles. The summed E-state index contributed by atoms with van der Waals surface area (Å²) >= 11 is 0. The van der Waals surface area contributed by atoms with Crippen molar-refractivity contribution >= 4 is 17.4 Å². The molecule has 6 nitrogen and oxygen atoms in total. The van der Waals surface area contributed by atoms with Gasteiger partial charge in [0.25, 0.3) is 0 Å². The number of para-hydroxylation sites is 2. The number of fused-ring (bicyclic) bond motifs is 1. The van der Waals surface area contributed by atoms with E-state index < -0.39 is 0 Å². The quantitative estimate of drug-likeness (QED) is 0.884. The topological polar surface area (TPSA) is 71.4 Å². The number of aromatic nitrogens is 2. The van der Waals surface area contributed by atoms with Crippen LogP contribution < -0.4 is 15.5 Å². The van der Waals surface area contributed by atoms with Crippen molar-refractivity contribution < 1.29 is 4.42 Å². The lowest BCUT2D eigenvalue weighted by Crippen LogP contribution is -2.36. The summed E-state index contributed by atoms with van der Waals surface area (Å²) in [6, 6.07) is 8.44. The van der Waals surface area contributed by atoms with E-state index in [0.717, 1.165) is 24.5 Å². The first kappa shape index (κ1) is 12.0. The number of hydrogen-bond acceptors (Lipinski definition) is 6. The van der Waals surface area contributed by atoms with Crippen LogP contribution in [0.4, 0.5) is 17.4 Å². The third-order valence-corrected chi connectivity index (χ3v) is 3.29. The Hall–Kier alpha value is -2.08. The number of nitrogens with zero attached hydrogens (tertiary/aromatic N) is 4. The molecule has 2 N–H and O–H groups in total. The molecule has 0 saturated heterocycles. The van der Waals surface area contributed by atoms with Crippen molar-refractivity contribution in [1.29, 1.82) is 0 Å². The molecule has 6 heteroatoms. The van der Waals surface area contributed by atoms with E-state index in [4.69, 9.17) is 10.2 Å². The molecule has 0 fully saturated rings. The SMILES string of the molecule is CC(N)c1nnc(N2CCN(C)c3ccccc32)o1. The van der Waals surface area contributed by atoms with E-state index in [2.05, 4.69) is 34.3 Å². The highest BCUT2D eigenvalue weighted by atomic mass is 16.4. The fourth-order valence-electron chi connectivity index (χ4n) is 2.22. The van der Waals surface area contributed by atoms with Gasteiger partial charge in [-0.15, -0.1) is 5.10 Å². The first-order chi connectivity index (χ1) is 9.16. The molecule has 1 aromatic carbocycles. The lowest BCUT2D eigenvalue weighted by Gasteiger charge is -2.34. The van der Waals surface area contributed by atoms with Crippen LogP contribution in [0.5, 0.6) is 0 Å². The summed E-state index contributed by atoms with van der Waals surface area (Å²) in [5.74, 6) is 0.464. The molecule has 100 valence electrons. The Bertz CT molecular complexity index is 580. The molecular formula is C13H17N5O. The van der Waals surface area contributed by atoms with E-state index in [1.54, 1.807) is 0 Å². The summed E-state index contributed by atoms with van der Waals surface area (Å²) in [5.41, 5.74) is 7.99. The highest BCUT2D eigenvalue weighted by Crippen LogP contribution is 2.36. The van der Waals surface area contributed by atoms with Gasteiger partial charge in [0.05, 0.1) is 17.4 Å². The maximum absolute atomic E-state index is 5.75.